The van der Waals surface area contributed by atoms with Crippen molar-refractivity contribution in [3.63, 3.8) is 0 Å². The second-order valence-corrected chi connectivity index (χ2v) is 6.47. The Labute approximate surface area is 128 Å². The number of β-amino-alcohol motifs (C(OH)–C–C–N with tert-alkyl or cyclic N) is 1. The molecule has 1 aliphatic heterocycles. The van der Waals surface area contributed by atoms with Gasteiger partial charge in [-0.2, -0.15) is 0 Å². The van der Waals surface area contributed by atoms with E-state index in [4.69, 9.17) is 5.11 Å². The molecule has 2 fully saturated rings. The van der Waals surface area contributed by atoms with Crippen LogP contribution < -0.4 is 5.32 Å². The third-order valence-electron chi connectivity index (χ3n) is 4.85. The summed E-state index contributed by atoms with van der Waals surface area (Å²) < 4.78 is 0. The number of hydrogen-bond acceptors (Lipinski definition) is 4. The molecule has 0 aromatic heterocycles. The van der Waals surface area contributed by atoms with E-state index in [-0.39, 0.29) is 12.5 Å². The lowest BCUT2D eigenvalue weighted by atomic mass is 9.89. The summed E-state index contributed by atoms with van der Waals surface area (Å²) >= 11 is 0. The Morgan fingerprint density at radius 2 is 1.62 bits per heavy atom. The Morgan fingerprint density at radius 3 is 2.24 bits per heavy atom. The highest BCUT2D eigenvalue weighted by atomic mass is 16.3. The molecular formula is C16H31N3O2. The van der Waals surface area contributed by atoms with Gasteiger partial charge in [-0.15, -0.1) is 0 Å². The molecule has 2 rings (SSSR count). The number of rotatable bonds is 7. The fraction of sp³-hybridized carbons (Fsp3) is 0.938. The summed E-state index contributed by atoms with van der Waals surface area (Å²) in [6.07, 6.45) is 7.22. The van der Waals surface area contributed by atoms with Crippen molar-refractivity contribution < 1.29 is 9.90 Å². The molecule has 1 saturated carbocycles. The quantitative estimate of drug-likeness (QED) is 0.726. The van der Waals surface area contributed by atoms with Crippen molar-refractivity contribution >= 4 is 5.91 Å². The number of piperazine rings is 1. The Morgan fingerprint density at radius 1 is 1.00 bits per heavy atom. The van der Waals surface area contributed by atoms with Gasteiger partial charge in [0.05, 0.1) is 6.61 Å². The van der Waals surface area contributed by atoms with E-state index in [2.05, 4.69) is 15.1 Å². The number of nitrogens with zero attached hydrogens (tertiary/aromatic N) is 2. The van der Waals surface area contributed by atoms with Gasteiger partial charge in [0.15, 0.2) is 0 Å². The van der Waals surface area contributed by atoms with Crippen LogP contribution in [0.4, 0.5) is 0 Å². The molecule has 1 saturated heterocycles. The summed E-state index contributed by atoms with van der Waals surface area (Å²) in [5, 5.41) is 12.0. The predicted molar refractivity (Wildman–Crippen MR) is 84.2 cm³/mol. The Bertz CT molecular complexity index is 298. The van der Waals surface area contributed by atoms with Crippen LogP contribution in [0.1, 0.15) is 38.5 Å². The minimum absolute atomic E-state index is 0.207. The van der Waals surface area contributed by atoms with Gasteiger partial charge >= 0.3 is 0 Å². The second kappa shape index (κ2) is 9.38. The maximum atomic E-state index is 11.9. The largest absolute Gasteiger partial charge is 0.395 e. The molecular weight excluding hydrogens is 266 g/mol. The molecule has 5 nitrogen and oxygen atoms in total. The van der Waals surface area contributed by atoms with Crippen LogP contribution in [0.3, 0.4) is 0 Å². The number of aliphatic hydroxyl groups excluding tert-OH is 1. The fourth-order valence-electron chi connectivity index (χ4n) is 3.38. The van der Waals surface area contributed by atoms with Gasteiger partial charge in [-0.3, -0.25) is 9.69 Å². The predicted octanol–water partition coefficient (Wildman–Crippen LogP) is 0.683. The topological polar surface area (TPSA) is 55.8 Å². The molecule has 21 heavy (non-hydrogen) atoms. The lowest BCUT2D eigenvalue weighted by molar-refractivity contribution is -0.121. The van der Waals surface area contributed by atoms with E-state index in [1.807, 2.05) is 0 Å². The standard InChI is InChI=1S/C16H31N3O2/c20-13-12-19-10-8-18(9-11-19)7-6-16(21)17-14-15-4-2-1-3-5-15/h15,20H,1-14H2,(H,17,21). The van der Waals surface area contributed by atoms with Gasteiger partial charge < -0.3 is 15.3 Å². The first-order chi connectivity index (χ1) is 10.3. The van der Waals surface area contributed by atoms with Crippen LogP contribution in [-0.2, 0) is 4.79 Å². The SMILES string of the molecule is O=C(CCN1CCN(CCO)CC1)NCC1CCCCC1. The molecule has 122 valence electrons. The molecule has 1 amide bonds. The first-order valence-corrected chi connectivity index (χ1v) is 8.60. The fourth-order valence-corrected chi connectivity index (χ4v) is 3.38. The van der Waals surface area contributed by atoms with Crippen LogP contribution in [0.2, 0.25) is 0 Å². The highest BCUT2D eigenvalue weighted by Gasteiger charge is 2.18. The van der Waals surface area contributed by atoms with E-state index < -0.39 is 0 Å². The normalized spacial score (nSPS) is 22.3. The van der Waals surface area contributed by atoms with E-state index in [1.165, 1.54) is 32.1 Å². The van der Waals surface area contributed by atoms with Crippen molar-refractivity contribution in [2.24, 2.45) is 5.92 Å². The summed E-state index contributed by atoms with van der Waals surface area (Å²) in [6.45, 7) is 6.78. The third-order valence-corrected chi connectivity index (χ3v) is 4.85. The third kappa shape index (κ3) is 6.32. The molecule has 0 bridgehead atoms. The smallest absolute Gasteiger partial charge is 0.221 e. The van der Waals surface area contributed by atoms with Crippen molar-refractivity contribution in [3.05, 3.63) is 0 Å². The van der Waals surface area contributed by atoms with Crippen LogP contribution in [0, 0.1) is 5.92 Å². The summed E-state index contributed by atoms with van der Waals surface area (Å²) in [4.78, 5) is 16.5. The number of aliphatic hydroxyl groups is 1. The minimum atomic E-state index is 0.207. The molecule has 5 heteroatoms. The highest BCUT2D eigenvalue weighted by molar-refractivity contribution is 5.76. The van der Waals surface area contributed by atoms with Crippen molar-refractivity contribution in [3.8, 4) is 0 Å². The van der Waals surface area contributed by atoms with E-state index in [0.717, 1.165) is 45.8 Å². The zero-order chi connectivity index (χ0) is 14.9. The number of carbonyl (C=O) groups is 1. The lowest BCUT2D eigenvalue weighted by Gasteiger charge is -2.34. The number of hydrogen-bond donors (Lipinski definition) is 2. The monoisotopic (exact) mass is 297 g/mol. The minimum Gasteiger partial charge on any atom is -0.395 e. The average Bonchev–Trinajstić information content (AvgIpc) is 2.53. The zero-order valence-electron chi connectivity index (χ0n) is 13.2. The van der Waals surface area contributed by atoms with Crippen LogP contribution in [-0.4, -0.2) is 73.2 Å². The highest BCUT2D eigenvalue weighted by Crippen LogP contribution is 2.22. The summed E-state index contributed by atoms with van der Waals surface area (Å²) in [6, 6.07) is 0. The Balaban J connectivity index is 1.52. The van der Waals surface area contributed by atoms with Gasteiger partial charge in [0.25, 0.3) is 0 Å². The van der Waals surface area contributed by atoms with Crippen molar-refractivity contribution in [2.75, 3.05) is 52.4 Å². The first-order valence-electron chi connectivity index (χ1n) is 8.60. The lowest BCUT2D eigenvalue weighted by Crippen LogP contribution is -2.47. The number of carbonyl (C=O) groups excluding carboxylic acids is 1. The molecule has 1 heterocycles. The van der Waals surface area contributed by atoms with E-state index in [0.29, 0.717) is 12.3 Å². The maximum absolute atomic E-state index is 11.9. The number of amides is 1. The van der Waals surface area contributed by atoms with E-state index >= 15 is 0 Å². The van der Waals surface area contributed by atoms with Crippen molar-refractivity contribution in [1.82, 2.24) is 15.1 Å². The Kier molecular flexibility index (Phi) is 7.47. The van der Waals surface area contributed by atoms with Gasteiger partial charge in [0.1, 0.15) is 0 Å². The molecule has 2 aliphatic rings. The molecule has 0 radical (unpaired) electrons. The zero-order valence-corrected chi connectivity index (χ0v) is 13.2. The molecule has 0 aromatic carbocycles. The Hall–Kier alpha value is -0.650. The van der Waals surface area contributed by atoms with Gasteiger partial charge in [0, 0.05) is 52.2 Å². The molecule has 1 aliphatic carbocycles. The van der Waals surface area contributed by atoms with Gasteiger partial charge in [0.2, 0.25) is 5.91 Å². The summed E-state index contributed by atoms with van der Waals surface area (Å²) in [5.41, 5.74) is 0. The van der Waals surface area contributed by atoms with E-state index in [1.54, 1.807) is 0 Å². The molecule has 0 atom stereocenters. The second-order valence-electron chi connectivity index (χ2n) is 6.47. The van der Waals surface area contributed by atoms with Gasteiger partial charge in [-0.25, -0.2) is 0 Å². The molecule has 2 N–H and O–H groups in total. The van der Waals surface area contributed by atoms with Gasteiger partial charge in [-0.1, -0.05) is 19.3 Å². The van der Waals surface area contributed by atoms with Crippen molar-refractivity contribution in [1.29, 1.82) is 0 Å². The molecule has 0 spiro atoms. The first kappa shape index (κ1) is 16.7. The van der Waals surface area contributed by atoms with Crippen LogP contribution in [0.25, 0.3) is 0 Å². The van der Waals surface area contributed by atoms with Crippen LogP contribution in [0.5, 0.6) is 0 Å². The molecule has 0 unspecified atom stereocenters. The maximum Gasteiger partial charge on any atom is 0.221 e. The number of nitrogens with one attached hydrogen (secondary N) is 1. The average molecular weight is 297 g/mol. The summed E-state index contributed by atoms with van der Waals surface area (Å²) in [7, 11) is 0. The van der Waals surface area contributed by atoms with E-state index in [9.17, 15) is 4.79 Å². The van der Waals surface area contributed by atoms with Crippen LogP contribution >= 0.6 is 0 Å². The molecule has 0 aromatic rings. The van der Waals surface area contributed by atoms with Gasteiger partial charge in [-0.05, 0) is 18.8 Å². The van der Waals surface area contributed by atoms with Crippen molar-refractivity contribution in [2.45, 2.75) is 38.5 Å². The summed E-state index contributed by atoms with van der Waals surface area (Å²) in [5.74, 6) is 0.920. The van der Waals surface area contributed by atoms with Crippen LogP contribution in [0.15, 0.2) is 0 Å².